The fourth-order valence-electron chi connectivity index (χ4n) is 1.52. The Bertz CT molecular complexity index is 442. The van der Waals surface area contributed by atoms with Crippen LogP contribution in [0, 0.1) is 0 Å². The highest BCUT2D eigenvalue weighted by Crippen LogP contribution is 2.39. The van der Waals surface area contributed by atoms with Crippen LogP contribution < -0.4 is 9.47 Å². The van der Waals surface area contributed by atoms with Gasteiger partial charge in [0, 0.05) is 4.90 Å². The fraction of sp³-hybridized carbons (Fsp3) is 0.417. The molecular weight excluding hydrogens is 240 g/mol. The Labute approximate surface area is 104 Å². The van der Waals surface area contributed by atoms with E-state index in [0.717, 1.165) is 16.4 Å². The van der Waals surface area contributed by atoms with Crippen molar-refractivity contribution in [3.8, 4) is 11.5 Å². The summed E-state index contributed by atoms with van der Waals surface area (Å²) in [7, 11) is 1.39. The summed E-state index contributed by atoms with van der Waals surface area (Å²) >= 11 is 1.43. The number of esters is 1. The Balaban J connectivity index is 2.16. The van der Waals surface area contributed by atoms with Gasteiger partial charge in [-0.15, -0.1) is 11.8 Å². The van der Waals surface area contributed by atoms with Crippen molar-refractivity contribution in [1.29, 1.82) is 0 Å². The smallest absolute Gasteiger partial charge is 0.321 e. The standard InChI is InChI=1S/C12H14O4S/c1-12(2,11(13)14-3)17-8-4-5-9-10(6-8)16-7-15-9/h4-6H,7H2,1-3H3. The fourth-order valence-corrected chi connectivity index (χ4v) is 2.58. The Kier molecular flexibility index (Phi) is 3.19. The molecule has 1 heterocycles. The van der Waals surface area contributed by atoms with Crippen LogP contribution in [0.3, 0.4) is 0 Å². The average molecular weight is 254 g/mol. The van der Waals surface area contributed by atoms with Gasteiger partial charge >= 0.3 is 5.97 Å². The van der Waals surface area contributed by atoms with Crippen LogP contribution in [0.15, 0.2) is 23.1 Å². The molecule has 0 amide bonds. The summed E-state index contributed by atoms with van der Waals surface area (Å²) in [6, 6.07) is 5.62. The number of carbonyl (C=O) groups is 1. The third-order valence-electron chi connectivity index (χ3n) is 2.39. The highest BCUT2D eigenvalue weighted by atomic mass is 32.2. The molecule has 0 atom stereocenters. The van der Waals surface area contributed by atoms with Gasteiger partial charge in [0.2, 0.25) is 6.79 Å². The molecule has 0 unspecified atom stereocenters. The van der Waals surface area contributed by atoms with Crippen molar-refractivity contribution in [2.45, 2.75) is 23.5 Å². The van der Waals surface area contributed by atoms with Crippen LogP contribution in [0.1, 0.15) is 13.8 Å². The summed E-state index contributed by atoms with van der Waals surface area (Å²) in [4.78, 5) is 12.5. The predicted octanol–water partition coefficient (Wildman–Crippen LogP) is 2.46. The molecule has 0 spiro atoms. The minimum atomic E-state index is -0.623. The lowest BCUT2D eigenvalue weighted by atomic mass is 10.2. The van der Waals surface area contributed by atoms with Gasteiger partial charge in [0.05, 0.1) is 7.11 Å². The maximum atomic E-state index is 11.6. The number of rotatable bonds is 3. The van der Waals surface area contributed by atoms with Crippen molar-refractivity contribution in [2.24, 2.45) is 0 Å². The predicted molar refractivity (Wildman–Crippen MR) is 64.5 cm³/mol. The normalized spacial score (nSPS) is 13.6. The van der Waals surface area contributed by atoms with Crippen LogP contribution in [-0.2, 0) is 9.53 Å². The minimum Gasteiger partial charge on any atom is -0.468 e. The minimum absolute atomic E-state index is 0.250. The molecule has 4 nitrogen and oxygen atoms in total. The number of benzene rings is 1. The molecule has 92 valence electrons. The molecular formula is C12H14O4S. The van der Waals surface area contributed by atoms with E-state index < -0.39 is 4.75 Å². The van der Waals surface area contributed by atoms with Crippen molar-refractivity contribution in [3.05, 3.63) is 18.2 Å². The zero-order chi connectivity index (χ0) is 12.5. The van der Waals surface area contributed by atoms with E-state index in [1.165, 1.54) is 18.9 Å². The Morgan fingerprint density at radius 3 is 2.76 bits per heavy atom. The second kappa shape index (κ2) is 4.49. The van der Waals surface area contributed by atoms with Crippen LogP contribution >= 0.6 is 11.8 Å². The van der Waals surface area contributed by atoms with E-state index in [4.69, 9.17) is 14.2 Å². The number of ether oxygens (including phenoxy) is 3. The maximum Gasteiger partial charge on any atom is 0.321 e. The first-order valence-electron chi connectivity index (χ1n) is 5.20. The van der Waals surface area contributed by atoms with Gasteiger partial charge in [-0.25, -0.2) is 0 Å². The van der Waals surface area contributed by atoms with Crippen LogP contribution in [0.25, 0.3) is 0 Å². The molecule has 1 aliphatic rings. The number of carbonyl (C=O) groups excluding carboxylic acids is 1. The molecule has 0 aliphatic carbocycles. The van der Waals surface area contributed by atoms with Gasteiger partial charge in [0.25, 0.3) is 0 Å². The zero-order valence-electron chi connectivity index (χ0n) is 9.98. The van der Waals surface area contributed by atoms with Gasteiger partial charge in [-0.05, 0) is 32.0 Å². The number of methoxy groups -OCH3 is 1. The van der Waals surface area contributed by atoms with E-state index in [0.29, 0.717) is 0 Å². The molecule has 5 heteroatoms. The third kappa shape index (κ3) is 2.49. The van der Waals surface area contributed by atoms with Crippen molar-refractivity contribution in [3.63, 3.8) is 0 Å². The maximum absolute atomic E-state index is 11.6. The number of fused-ring (bicyclic) bond motifs is 1. The monoisotopic (exact) mass is 254 g/mol. The second-order valence-electron chi connectivity index (χ2n) is 4.12. The SMILES string of the molecule is COC(=O)C(C)(C)Sc1ccc2c(c1)OCO2. The molecule has 0 saturated heterocycles. The summed E-state index contributed by atoms with van der Waals surface area (Å²) in [6.45, 7) is 3.91. The van der Waals surface area contributed by atoms with E-state index in [-0.39, 0.29) is 12.8 Å². The zero-order valence-corrected chi connectivity index (χ0v) is 10.8. The van der Waals surface area contributed by atoms with E-state index in [9.17, 15) is 4.79 Å². The lowest BCUT2D eigenvalue weighted by Crippen LogP contribution is -2.28. The van der Waals surface area contributed by atoms with Crippen molar-refractivity contribution in [1.82, 2.24) is 0 Å². The van der Waals surface area contributed by atoms with Crippen molar-refractivity contribution < 1.29 is 19.0 Å². The molecule has 1 aromatic rings. The largest absolute Gasteiger partial charge is 0.468 e. The molecule has 0 fully saturated rings. The van der Waals surface area contributed by atoms with E-state index in [1.54, 1.807) is 0 Å². The first kappa shape index (κ1) is 12.1. The molecule has 1 aromatic carbocycles. The third-order valence-corrected chi connectivity index (χ3v) is 3.56. The summed E-state index contributed by atoms with van der Waals surface area (Å²) in [6.07, 6.45) is 0. The quantitative estimate of drug-likeness (QED) is 0.612. The second-order valence-corrected chi connectivity index (χ2v) is 5.82. The van der Waals surface area contributed by atoms with Gasteiger partial charge in [-0.2, -0.15) is 0 Å². The van der Waals surface area contributed by atoms with E-state index in [1.807, 2.05) is 32.0 Å². The van der Waals surface area contributed by atoms with Crippen molar-refractivity contribution >= 4 is 17.7 Å². The number of thioether (sulfide) groups is 1. The highest BCUT2D eigenvalue weighted by Gasteiger charge is 2.30. The Morgan fingerprint density at radius 1 is 1.35 bits per heavy atom. The molecule has 0 radical (unpaired) electrons. The van der Waals surface area contributed by atoms with Crippen molar-refractivity contribution in [2.75, 3.05) is 13.9 Å². The van der Waals surface area contributed by atoms with Crippen LogP contribution in [0.4, 0.5) is 0 Å². The molecule has 2 rings (SSSR count). The van der Waals surface area contributed by atoms with Gasteiger partial charge in [0.1, 0.15) is 4.75 Å². The summed E-state index contributed by atoms with van der Waals surface area (Å²) in [5.41, 5.74) is 0. The lowest BCUT2D eigenvalue weighted by molar-refractivity contribution is -0.142. The van der Waals surface area contributed by atoms with Gasteiger partial charge in [-0.1, -0.05) is 0 Å². The summed E-state index contributed by atoms with van der Waals surface area (Å²) < 4.78 is 14.7. The Hall–Kier alpha value is -1.36. The number of hydrogen-bond acceptors (Lipinski definition) is 5. The van der Waals surface area contributed by atoms with Gasteiger partial charge < -0.3 is 14.2 Å². The van der Waals surface area contributed by atoms with Crippen LogP contribution in [0.5, 0.6) is 11.5 Å². The summed E-state index contributed by atoms with van der Waals surface area (Å²) in [5, 5.41) is 0. The average Bonchev–Trinajstić information content (AvgIpc) is 2.74. The lowest BCUT2D eigenvalue weighted by Gasteiger charge is -2.20. The van der Waals surface area contributed by atoms with E-state index in [2.05, 4.69) is 0 Å². The first-order chi connectivity index (χ1) is 8.03. The van der Waals surface area contributed by atoms with Crippen LogP contribution in [0.2, 0.25) is 0 Å². The molecule has 0 saturated carbocycles. The van der Waals surface area contributed by atoms with Gasteiger partial charge in [0.15, 0.2) is 11.5 Å². The first-order valence-corrected chi connectivity index (χ1v) is 6.01. The Morgan fingerprint density at radius 2 is 2.06 bits per heavy atom. The summed E-state index contributed by atoms with van der Waals surface area (Å²) in [5.74, 6) is 1.21. The van der Waals surface area contributed by atoms with Gasteiger partial charge in [-0.3, -0.25) is 4.79 Å². The highest BCUT2D eigenvalue weighted by molar-refractivity contribution is 8.01. The molecule has 0 aromatic heterocycles. The topological polar surface area (TPSA) is 44.8 Å². The molecule has 0 bridgehead atoms. The van der Waals surface area contributed by atoms with E-state index >= 15 is 0 Å². The molecule has 17 heavy (non-hydrogen) atoms. The van der Waals surface area contributed by atoms with Crippen LogP contribution in [-0.4, -0.2) is 24.6 Å². The molecule has 1 aliphatic heterocycles. The molecule has 0 N–H and O–H groups in total. The number of hydrogen-bond donors (Lipinski definition) is 0.